The van der Waals surface area contributed by atoms with E-state index in [-0.39, 0.29) is 18.3 Å². The molecule has 144 valence electrons. The molecule has 8 nitrogen and oxygen atoms in total. The van der Waals surface area contributed by atoms with Crippen LogP contribution in [0, 0.1) is 6.92 Å². The van der Waals surface area contributed by atoms with Crippen LogP contribution in [0.3, 0.4) is 0 Å². The van der Waals surface area contributed by atoms with Gasteiger partial charge in [0.15, 0.2) is 5.13 Å². The molecule has 1 amide bonds. The zero-order chi connectivity index (χ0) is 19.9. The Balaban J connectivity index is 1.55. The van der Waals surface area contributed by atoms with Crippen LogP contribution >= 0.6 is 23.1 Å². The average Bonchev–Trinajstić information content (AvgIpc) is 3.08. The number of carbonyl (C=O) groups excluding carboxylic acids is 2. The smallest absolute Gasteiger partial charge is 0.350 e. The van der Waals surface area contributed by atoms with Crippen molar-refractivity contribution in [1.29, 1.82) is 0 Å². The number of benzene rings is 1. The lowest BCUT2D eigenvalue weighted by Crippen LogP contribution is -2.14. The number of ether oxygens (including phenoxy) is 1. The molecule has 1 N–H and O–H groups in total. The Morgan fingerprint density at radius 2 is 2.00 bits per heavy atom. The monoisotopic (exact) mass is 415 g/mol. The van der Waals surface area contributed by atoms with Crippen molar-refractivity contribution in [3.63, 3.8) is 0 Å². The normalized spacial score (nSPS) is 10.5. The van der Waals surface area contributed by atoms with Crippen LogP contribution in [-0.4, -0.2) is 44.4 Å². The quantitative estimate of drug-likeness (QED) is 0.463. The van der Waals surface area contributed by atoms with Crippen molar-refractivity contribution in [1.82, 2.24) is 20.2 Å². The van der Waals surface area contributed by atoms with E-state index in [1.807, 2.05) is 30.3 Å². The van der Waals surface area contributed by atoms with Crippen molar-refractivity contribution in [2.24, 2.45) is 0 Å². The van der Waals surface area contributed by atoms with E-state index < -0.39 is 5.97 Å². The summed E-state index contributed by atoms with van der Waals surface area (Å²) in [5.41, 5.74) is 2.11. The molecule has 10 heteroatoms. The highest BCUT2D eigenvalue weighted by atomic mass is 32.2. The molecular weight excluding hydrogens is 398 g/mol. The van der Waals surface area contributed by atoms with Crippen LogP contribution in [0.2, 0.25) is 0 Å². The predicted octanol–water partition coefficient (Wildman–Crippen LogP) is 3.21. The van der Waals surface area contributed by atoms with Crippen LogP contribution in [0.5, 0.6) is 0 Å². The third-order valence-electron chi connectivity index (χ3n) is 3.45. The minimum atomic E-state index is -0.439. The number of hydrogen-bond donors (Lipinski definition) is 1. The minimum Gasteiger partial charge on any atom is -0.462 e. The third kappa shape index (κ3) is 5.11. The van der Waals surface area contributed by atoms with E-state index in [0.29, 0.717) is 26.6 Å². The Hall–Kier alpha value is -2.85. The lowest BCUT2D eigenvalue weighted by atomic mass is 10.2. The van der Waals surface area contributed by atoms with Gasteiger partial charge in [0.25, 0.3) is 0 Å². The van der Waals surface area contributed by atoms with Gasteiger partial charge in [0.1, 0.15) is 10.6 Å². The van der Waals surface area contributed by atoms with Gasteiger partial charge in [-0.3, -0.25) is 4.79 Å². The first-order chi connectivity index (χ1) is 13.6. The largest absolute Gasteiger partial charge is 0.462 e. The fourth-order valence-corrected chi connectivity index (χ4v) is 3.63. The molecule has 0 unspecified atom stereocenters. The van der Waals surface area contributed by atoms with Gasteiger partial charge in [0.05, 0.1) is 24.3 Å². The first kappa shape index (κ1) is 19.9. The van der Waals surface area contributed by atoms with Gasteiger partial charge in [-0.1, -0.05) is 53.4 Å². The molecule has 0 radical (unpaired) electrons. The first-order valence-corrected chi connectivity index (χ1v) is 10.2. The van der Waals surface area contributed by atoms with E-state index >= 15 is 0 Å². The fourth-order valence-electron chi connectivity index (χ4n) is 2.19. The molecule has 2 aromatic heterocycles. The molecule has 0 saturated heterocycles. The maximum Gasteiger partial charge on any atom is 0.350 e. The molecule has 0 atom stereocenters. The summed E-state index contributed by atoms with van der Waals surface area (Å²) in [5.74, 6) is -0.616. The number of thiazole rings is 1. The standard InChI is InChI=1S/C18H17N5O3S2/c1-3-26-16(25)15-11(2)20-18(28-15)21-14(24)10-27-17-19-9-13(22-23-17)12-7-5-4-6-8-12/h4-9H,3,10H2,1-2H3,(H,20,21,24). The average molecular weight is 416 g/mol. The highest BCUT2D eigenvalue weighted by Crippen LogP contribution is 2.24. The molecule has 0 spiro atoms. The number of aromatic nitrogens is 4. The molecule has 3 rings (SSSR count). The number of aryl methyl sites for hydroxylation is 1. The number of esters is 1. The van der Waals surface area contributed by atoms with Gasteiger partial charge in [-0.25, -0.2) is 14.8 Å². The van der Waals surface area contributed by atoms with Crippen LogP contribution in [0.4, 0.5) is 5.13 Å². The highest BCUT2D eigenvalue weighted by molar-refractivity contribution is 7.99. The molecule has 0 fully saturated rings. The van der Waals surface area contributed by atoms with Crippen molar-refractivity contribution in [3.05, 3.63) is 47.1 Å². The Morgan fingerprint density at radius 3 is 2.68 bits per heavy atom. The van der Waals surface area contributed by atoms with Crippen LogP contribution in [-0.2, 0) is 9.53 Å². The van der Waals surface area contributed by atoms with Crippen LogP contribution in [0.15, 0.2) is 41.7 Å². The Kier molecular flexibility index (Phi) is 6.66. The highest BCUT2D eigenvalue weighted by Gasteiger charge is 2.17. The summed E-state index contributed by atoms with van der Waals surface area (Å²) >= 11 is 2.25. The van der Waals surface area contributed by atoms with Gasteiger partial charge in [-0.05, 0) is 13.8 Å². The molecule has 0 aliphatic rings. The predicted molar refractivity (Wildman–Crippen MR) is 107 cm³/mol. The summed E-state index contributed by atoms with van der Waals surface area (Å²) in [4.78, 5) is 32.7. The summed E-state index contributed by atoms with van der Waals surface area (Å²) in [6.45, 7) is 3.71. The molecule has 3 aromatic rings. The van der Waals surface area contributed by atoms with Crippen LogP contribution in [0.1, 0.15) is 22.3 Å². The molecule has 1 aromatic carbocycles. The Labute approximate surface area is 169 Å². The molecule has 0 bridgehead atoms. The van der Waals surface area contributed by atoms with Crippen LogP contribution < -0.4 is 5.32 Å². The zero-order valence-corrected chi connectivity index (χ0v) is 16.8. The number of nitrogens with one attached hydrogen (secondary N) is 1. The molecular formula is C18H17N5O3S2. The number of thioether (sulfide) groups is 1. The zero-order valence-electron chi connectivity index (χ0n) is 15.2. The van der Waals surface area contributed by atoms with E-state index in [9.17, 15) is 9.59 Å². The number of anilines is 1. The summed E-state index contributed by atoms with van der Waals surface area (Å²) < 4.78 is 4.97. The van der Waals surface area contributed by atoms with Crippen LogP contribution in [0.25, 0.3) is 11.3 Å². The number of nitrogens with zero attached hydrogens (tertiary/aromatic N) is 4. The van der Waals surface area contributed by atoms with Crippen molar-refractivity contribution >= 4 is 40.1 Å². The minimum absolute atomic E-state index is 0.0970. The summed E-state index contributed by atoms with van der Waals surface area (Å²) in [7, 11) is 0. The van der Waals surface area contributed by atoms with E-state index in [1.54, 1.807) is 20.0 Å². The van der Waals surface area contributed by atoms with E-state index in [1.165, 1.54) is 11.8 Å². The maximum atomic E-state index is 12.1. The van der Waals surface area contributed by atoms with Gasteiger partial charge in [0, 0.05) is 5.56 Å². The van der Waals surface area contributed by atoms with Gasteiger partial charge < -0.3 is 10.1 Å². The fraction of sp³-hybridized carbons (Fsp3) is 0.222. The van der Waals surface area contributed by atoms with E-state index in [2.05, 4.69) is 25.5 Å². The summed E-state index contributed by atoms with van der Waals surface area (Å²) in [5, 5.41) is 11.6. The number of carbonyl (C=O) groups is 2. The Morgan fingerprint density at radius 1 is 1.21 bits per heavy atom. The summed E-state index contributed by atoms with van der Waals surface area (Å²) in [6, 6.07) is 9.60. The van der Waals surface area contributed by atoms with Crippen molar-refractivity contribution < 1.29 is 14.3 Å². The van der Waals surface area contributed by atoms with Gasteiger partial charge in [0.2, 0.25) is 11.1 Å². The number of hydrogen-bond acceptors (Lipinski definition) is 9. The van der Waals surface area contributed by atoms with Gasteiger partial charge >= 0.3 is 5.97 Å². The lowest BCUT2D eigenvalue weighted by molar-refractivity contribution is -0.113. The maximum absolute atomic E-state index is 12.1. The topological polar surface area (TPSA) is 107 Å². The van der Waals surface area contributed by atoms with Crippen molar-refractivity contribution in [3.8, 4) is 11.3 Å². The van der Waals surface area contributed by atoms with Gasteiger partial charge in [-0.15, -0.1) is 10.2 Å². The second-order valence-corrected chi connectivity index (χ2v) is 7.42. The van der Waals surface area contributed by atoms with Crippen molar-refractivity contribution in [2.45, 2.75) is 19.0 Å². The number of amides is 1. The second kappa shape index (κ2) is 9.38. The number of rotatable bonds is 7. The third-order valence-corrected chi connectivity index (χ3v) is 5.35. The molecule has 0 aliphatic heterocycles. The molecule has 28 heavy (non-hydrogen) atoms. The van der Waals surface area contributed by atoms with E-state index in [0.717, 1.165) is 16.9 Å². The SMILES string of the molecule is CCOC(=O)c1sc(NC(=O)CSc2ncc(-c3ccccc3)nn2)nc1C. The lowest BCUT2D eigenvalue weighted by Gasteiger charge is -2.02. The first-order valence-electron chi connectivity index (χ1n) is 8.39. The van der Waals surface area contributed by atoms with E-state index in [4.69, 9.17) is 4.74 Å². The van der Waals surface area contributed by atoms with Crippen molar-refractivity contribution in [2.75, 3.05) is 17.7 Å². The molecule has 0 aliphatic carbocycles. The summed E-state index contributed by atoms with van der Waals surface area (Å²) in [6.07, 6.45) is 1.62. The molecule has 2 heterocycles. The second-order valence-electron chi connectivity index (χ2n) is 5.48. The Bertz CT molecular complexity index is 961. The van der Waals surface area contributed by atoms with Gasteiger partial charge in [-0.2, -0.15) is 0 Å². The molecule has 0 saturated carbocycles.